The quantitative estimate of drug-likeness (QED) is 0.871. The maximum Gasteiger partial charge on any atom is 0.217 e. The molecule has 0 fully saturated rings. The number of hydrogen-bond donors (Lipinski definition) is 1. The van der Waals surface area contributed by atoms with Gasteiger partial charge in [0, 0.05) is 11.8 Å². The fourth-order valence-electron chi connectivity index (χ4n) is 1.66. The van der Waals surface area contributed by atoms with E-state index in [4.69, 9.17) is 10.5 Å². The normalized spacial score (nSPS) is 12.1. The molecular weight excluding hydrogens is 267 g/mol. The van der Waals surface area contributed by atoms with E-state index in [0.29, 0.717) is 16.3 Å². The van der Waals surface area contributed by atoms with E-state index in [2.05, 4.69) is 4.98 Å². The Bertz CT molecular complexity index is 619. The topological polar surface area (TPSA) is 65.2 Å². The Hall–Kier alpha value is -1.95. The summed E-state index contributed by atoms with van der Waals surface area (Å²) in [7, 11) is 0.123. The molecule has 0 amide bonds. The van der Waals surface area contributed by atoms with Crippen LogP contribution in [0.4, 0.5) is 10.1 Å². The van der Waals surface area contributed by atoms with Gasteiger partial charge in [-0.05, 0) is 24.3 Å². The van der Waals surface area contributed by atoms with Gasteiger partial charge in [-0.1, -0.05) is 6.07 Å². The molecule has 19 heavy (non-hydrogen) atoms. The first-order chi connectivity index (χ1) is 9.11. The first-order valence-corrected chi connectivity index (χ1v) is 6.85. The lowest BCUT2D eigenvalue weighted by Gasteiger charge is -2.08. The zero-order chi connectivity index (χ0) is 13.8. The van der Waals surface area contributed by atoms with Crippen molar-refractivity contribution in [1.82, 2.24) is 4.98 Å². The van der Waals surface area contributed by atoms with E-state index in [1.807, 2.05) is 0 Å². The minimum Gasteiger partial charge on any atom is -0.481 e. The van der Waals surface area contributed by atoms with E-state index in [0.717, 1.165) is 6.07 Å². The number of rotatable bonds is 4. The van der Waals surface area contributed by atoms with Crippen molar-refractivity contribution in [3.05, 3.63) is 47.9 Å². The van der Waals surface area contributed by atoms with Gasteiger partial charge in [0.25, 0.3) is 0 Å². The first-order valence-electron chi connectivity index (χ1n) is 5.53. The highest BCUT2D eigenvalue weighted by atomic mass is 32.2. The molecule has 0 saturated carbocycles. The minimum atomic E-state index is -1.38. The predicted octanol–water partition coefficient (Wildman–Crippen LogP) is 2.12. The van der Waals surface area contributed by atoms with Crippen LogP contribution in [0, 0.1) is 5.82 Å². The Morgan fingerprint density at radius 3 is 2.89 bits per heavy atom. The molecule has 1 aromatic carbocycles. The summed E-state index contributed by atoms with van der Waals surface area (Å²) in [6.07, 6.45) is 1.59. The molecule has 1 heterocycles. The summed E-state index contributed by atoms with van der Waals surface area (Å²) < 4.78 is 30.3. The van der Waals surface area contributed by atoms with Gasteiger partial charge in [0.1, 0.15) is 5.82 Å². The van der Waals surface area contributed by atoms with Gasteiger partial charge in [-0.25, -0.2) is 9.37 Å². The van der Waals surface area contributed by atoms with E-state index in [1.54, 1.807) is 18.3 Å². The van der Waals surface area contributed by atoms with Crippen molar-refractivity contribution in [1.29, 1.82) is 0 Å². The maximum absolute atomic E-state index is 12.9. The van der Waals surface area contributed by atoms with Gasteiger partial charge < -0.3 is 10.5 Å². The van der Waals surface area contributed by atoms with Crippen LogP contribution in [0.1, 0.15) is 5.56 Å². The molecule has 0 spiro atoms. The van der Waals surface area contributed by atoms with Crippen LogP contribution >= 0.6 is 0 Å². The number of anilines is 1. The highest BCUT2D eigenvalue weighted by Crippen LogP contribution is 2.23. The summed E-state index contributed by atoms with van der Waals surface area (Å²) in [5, 5.41) is 0. The van der Waals surface area contributed by atoms with Crippen molar-refractivity contribution >= 4 is 16.5 Å². The van der Waals surface area contributed by atoms with Gasteiger partial charge >= 0.3 is 0 Å². The largest absolute Gasteiger partial charge is 0.481 e. The number of ether oxygens (including phenoxy) is 1. The van der Waals surface area contributed by atoms with E-state index < -0.39 is 16.6 Å². The lowest BCUT2D eigenvalue weighted by Crippen LogP contribution is -2.03. The van der Waals surface area contributed by atoms with Crippen molar-refractivity contribution in [3.8, 4) is 5.88 Å². The lowest BCUT2D eigenvalue weighted by atomic mass is 10.3. The monoisotopic (exact) mass is 280 g/mol. The highest BCUT2D eigenvalue weighted by Gasteiger charge is 2.13. The third-order valence-corrected chi connectivity index (χ3v) is 3.98. The van der Waals surface area contributed by atoms with Crippen molar-refractivity contribution in [3.63, 3.8) is 0 Å². The number of nitrogens with zero attached hydrogens (tertiary/aromatic N) is 1. The molecule has 0 saturated heterocycles. The first kappa shape index (κ1) is 13.5. The average Bonchev–Trinajstić information content (AvgIpc) is 2.39. The maximum atomic E-state index is 12.9. The highest BCUT2D eigenvalue weighted by molar-refractivity contribution is 7.84. The molecule has 0 bridgehead atoms. The van der Waals surface area contributed by atoms with Crippen LogP contribution < -0.4 is 10.5 Å². The number of nitrogens with two attached hydrogens (primary N) is 1. The molecule has 1 atom stereocenters. The minimum absolute atomic E-state index is 0.182. The molecule has 0 radical (unpaired) electrons. The van der Waals surface area contributed by atoms with Crippen molar-refractivity contribution in [2.24, 2.45) is 0 Å². The van der Waals surface area contributed by atoms with Crippen molar-refractivity contribution in [2.75, 3.05) is 12.8 Å². The molecule has 0 aliphatic rings. The third-order valence-electron chi connectivity index (χ3n) is 2.55. The number of aromatic nitrogens is 1. The number of pyridine rings is 1. The summed E-state index contributed by atoms with van der Waals surface area (Å²) in [4.78, 5) is 4.44. The molecule has 100 valence electrons. The predicted molar refractivity (Wildman–Crippen MR) is 71.7 cm³/mol. The lowest BCUT2D eigenvalue weighted by molar-refractivity contribution is 0.394. The molecule has 2 N–H and O–H groups in total. The van der Waals surface area contributed by atoms with E-state index in [-0.39, 0.29) is 11.4 Å². The van der Waals surface area contributed by atoms with Crippen LogP contribution in [0.15, 0.2) is 41.4 Å². The Labute approximate surface area is 112 Å². The molecule has 0 aliphatic heterocycles. The zero-order valence-electron chi connectivity index (χ0n) is 10.3. The smallest absolute Gasteiger partial charge is 0.217 e. The van der Waals surface area contributed by atoms with Gasteiger partial charge in [-0.15, -0.1) is 0 Å². The van der Waals surface area contributed by atoms with Crippen LogP contribution in [0.5, 0.6) is 5.88 Å². The fraction of sp³-hybridized carbons (Fsp3) is 0.154. The molecule has 1 unspecified atom stereocenters. The van der Waals surface area contributed by atoms with Gasteiger partial charge in [-0.2, -0.15) is 0 Å². The molecular formula is C13H13FN2O2S. The second kappa shape index (κ2) is 5.79. The van der Waals surface area contributed by atoms with E-state index in [9.17, 15) is 8.60 Å². The Morgan fingerprint density at radius 2 is 2.21 bits per heavy atom. The standard InChI is InChI=1S/C13H13FN2O2S/c1-18-13-9(3-2-6-16-13)8-19(17)12-5-4-10(14)7-11(12)15/h2-7H,8,15H2,1H3. The van der Waals surface area contributed by atoms with Gasteiger partial charge in [-0.3, -0.25) is 4.21 Å². The Kier molecular flexibility index (Phi) is 4.11. The van der Waals surface area contributed by atoms with Crippen LogP contribution in [0.25, 0.3) is 0 Å². The summed E-state index contributed by atoms with van der Waals surface area (Å²) in [5.41, 5.74) is 6.56. The Morgan fingerprint density at radius 1 is 1.42 bits per heavy atom. The summed E-state index contributed by atoms with van der Waals surface area (Å²) in [6.45, 7) is 0. The molecule has 6 heteroatoms. The molecule has 0 aliphatic carbocycles. The summed E-state index contributed by atoms with van der Waals surface area (Å²) in [6, 6.07) is 7.36. The van der Waals surface area contributed by atoms with Crippen LogP contribution in [0.2, 0.25) is 0 Å². The SMILES string of the molecule is COc1ncccc1CS(=O)c1ccc(F)cc1N. The van der Waals surface area contributed by atoms with Crippen LogP contribution in [-0.4, -0.2) is 16.3 Å². The second-order valence-corrected chi connectivity index (χ2v) is 5.26. The number of hydrogen-bond acceptors (Lipinski definition) is 4. The van der Waals surface area contributed by atoms with Crippen molar-refractivity contribution in [2.45, 2.75) is 10.6 Å². The van der Waals surface area contributed by atoms with E-state index >= 15 is 0 Å². The molecule has 2 rings (SSSR count). The van der Waals surface area contributed by atoms with Gasteiger partial charge in [0.2, 0.25) is 5.88 Å². The third kappa shape index (κ3) is 3.08. The number of nitrogen functional groups attached to an aromatic ring is 1. The van der Waals surface area contributed by atoms with Crippen molar-refractivity contribution < 1.29 is 13.3 Å². The van der Waals surface area contributed by atoms with Gasteiger partial charge in [0.05, 0.1) is 34.2 Å². The summed E-state index contributed by atoms with van der Waals surface area (Å²) in [5.74, 6) is 0.195. The van der Waals surface area contributed by atoms with Crippen LogP contribution in [-0.2, 0) is 16.6 Å². The van der Waals surface area contributed by atoms with E-state index in [1.165, 1.54) is 19.2 Å². The number of halogens is 1. The average molecular weight is 280 g/mol. The fourth-order valence-corrected chi connectivity index (χ4v) is 2.86. The molecule has 1 aromatic heterocycles. The Balaban J connectivity index is 2.26. The number of benzene rings is 1. The summed E-state index contributed by atoms with van der Waals surface area (Å²) >= 11 is 0. The van der Waals surface area contributed by atoms with Crippen LogP contribution in [0.3, 0.4) is 0 Å². The zero-order valence-corrected chi connectivity index (χ0v) is 11.1. The number of methoxy groups -OCH3 is 1. The molecule has 4 nitrogen and oxygen atoms in total. The molecule has 2 aromatic rings. The second-order valence-electron chi connectivity index (χ2n) is 3.84. The van der Waals surface area contributed by atoms with Gasteiger partial charge in [0.15, 0.2) is 0 Å².